The van der Waals surface area contributed by atoms with E-state index in [1.165, 1.54) is 7.11 Å². The second kappa shape index (κ2) is 6.70. The fourth-order valence-corrected chi connectivity index (χ4v) is 1.14. The summed E-state index contributed by atoms with van der Waals surface area (Å²) >= 11 is 0. The molecule has 0 fully saturated rings. The van der Waals surface area contributed by atoms with Crippen LogP contribution in [0.4, 0.5) is 0 Å². The van der Waals surface area contributed by atoms with Crippen LogP contribution in [-0.4, -0.2) is 31.6 Å². The lowest BCUT2D eigenvalue weighted by Crippen LogP contribution is -2.43. The van der Waals surface area contributed by atoms with Crippen molar-refractivity contribution in [1.82, 2.24) is 10.6 Å². The highest BCUT2D eigenvalue weighted by atomic mass is 16.5. The van der Waals surface area contributed by atoms with Crippen molar-refractivity contribution in [3.63, 3.8) is 0 Å². The minimum Gasteiger partial charge on any atom is -0.468 e. The van der Waals surface area contributed by atoms with Gasteiger partial charge >= 0.3 is 5.97 Å². The fourth-order valence-electron chi connectivity index (χ4n) is 1.14. The van der Waals surface area contributed by atoms with E-state index in [4.69, 9.17) is 4.42 Å². The number of methoxy groups -OCH3 is 1. The van der Waals surface area contributed by atoms with E-state index in [2.05, 4.69) is 15.4 Å². The second-order valence-corrected chi connectivity index (χ2v) is 3.48. The number of carbonyl (C=O) groups excluding carboxylic acids is 2. The summed E-state index contributed by atoms with van der Waals surface area (Å²) in [5, 5.41) is 5.43. The van der Waals surface area contributed by atoms with Crippen LogP contribution in [0.15, 0.2) is 22.8 Å². The van der Waals surface area contributed by atoms with Crippen LogP contribution in [0.25, 0.3) is 0 Å². The van der Waals surface area contributed by atoms with E-state index in [0.717, 1.165) is 0 Å². The van der Waals surface area contributed by atoms with Gasteiger partial charge in [-0.25, -0.2) is 0 Å². The molecule has 1 heterocycles. The molecule has 1 aromatic rings. The van der Waals surface area contributed by atoms with Crippen LogP contribution in [0.3, 0.4) is 0 Å². The van der Waals surface area contributed by atoms with Crippen molar-refractivity contribution >= 4 is 11.9 Å². The first kappa shape index (κ1) is 13.2. The van der Waals surface area contributed by atoms with Crippen LogP contribution in [0.5, 0.6) is 0 Å². The first-order chi connectivity index (χ1) is 8.13. The monoisotopic (exact) mass is 240 g/mol. The zero-order chi connectivity index (χ0) is 12.7. The lowest BCUT2D eigenvalue weighted by atomic mass is 10.3. The zero-order valence-electron chi connectivity index (χ0n) is 9.86. The molecule has 0 radical (unpaired) electrons. The van der Waals surface area contributed by atoms with Crippen molar-refractivity contribution in [2.75, 3.05) is 13.7 Å². The third kappa shape index (κ3) is 4.69. The van der Waals surface area contributed by atoms with Crippen molar-refractivity contribution in [3.8, 4) is 0 Å². The minimum absolute atomic E-state index is 0.00579. The van der Waals surface area contributed by atoms with E-state index >= 15 is 0 Å². The Kier molecular flexibility index (Phi) is 5.22. The van der Waals surface area contributed by atoms with Crippen molar-refractivity contribution in [3.05, 3.63) is 24.2 Å². The Labute approximate surface area is 99.3 Å². The van der Waals surface area contributed by atoms with Crippen molar-refractivity contribution in [1.29, 1.82) is 0 Å². The topological polar surface area (TPSA) is 80.6 Å². The molecule has 0 aromatic carbocycles. The first-order valence-corrected chi connectivity index (χ1v) is 5.23. The standard InChI is InChI=1S/C11H16N2O4/c1-8(12-7-10(14)16-2)11(15)13-6-9-4-3-5-17-9/h3-5,8,12H,6-7H2,1-2H3,(H,13,15). The summed E-state index contributed by atoms with van der Waals surface area (Å²) in [6.45, 7) is 2.00. The molecular formula is C11H16N2O4. The van der Waals surface area contributed by atoms with E-state index in [-0.39, 0.29) is 12.5 Å². The summed E-state index contributed by atoms with van der Waals surface area (Å²) in [6, 6.07) is 3.05. The highest BCUT2D eigenvalue weighted by Crippen LogP contribution is 1.98. The second-order valence-electron chi connectivity index (χ2n) is 3.48. The van der Waals surface area contributed by atoms with Gasteiger partial charge in [0.25, 0.3) is 0 Å². The number of esters is 1. The summed E-state index contributed by atoms with van der Waals surface area (Å²) < 4.78 is 9.52. The van der Waals surface area contributed by atoms with Crippen LogP contribution in [0, 0.1) is 0 Å². The average molecular weight is 240 g/mol. The third-order valence-electron chi connectivity index (χ3n) is 2.19. The number of rotatable bonds is 6. The molecule has 17 heavy (non-hydrogen) atoms. The predicted molar refractivity (Wildman–Crippen MR) is 60.0 cm³/mol. The van der Waals surface area contributed by atoms with Crippen LogP contribution >= 0.6 is 0 Å². The Morgan fingerprint density at radius 1 is 1.53 bits per heavy atom. The molecule has 94 valence electrons. The lowest BCUT2D eigenvalue weighted by molar-refractivity contribution is -0.139. The van der Waals surface area contributed by atoms with Gasteiger partial charge in [-0.3, -0.25) is 14.9 Å². The summed E-state index contributed by atoms with van der Waals surface area (Å²) in [7, 11) is 1.30. The molecule has 1 amide bonds. The Hall–Kier alpha value is -1.82. The van der Waals surface area contributed by atoms with Gasteiger partial charge in [-0.2, -0.15) is 0 Å². The molecule has 0 spiro atoms. The molecule has 1 rings (SSSR count). The van der Waals surface area contributed by atoms with E-state index in [9.17, 15) is 9.59 Å². The maximum atomic E-state index is 11.6. The third-order valence-corrected chi connectivity index (χ3v) is 2.19. The highest BCUT2D eigenvalue weighted by molar-refractivity contribution is 5.82. The number of ether oxygens (including phenoxy) is 1. The number of carbonyl (C=O) groups is 2. The Morgan fingerprint density at radius 2 is 2.29 bits per heavy atom. The molecule has 1 aromatic heterocycles. The number of nitrogens with one attached hydrogen (secondary N) is 2. The van der Waals surface area contributed by atoms with Gasteiger partial charge in [0, 0.05) is 0 Å². The molecule has 0 bridgehead atoms. The van der Waals surface area contributed by atoms with E-state index in [0.29, 0.717) is 12.3 Å². The SMILES string of the molecule is COC(=O)CNC(C)C(=O)NCc1ccco1. The predicted octanol–water partition coefficient (Wildman–Crippen LogP) is 0.0469. The van der Waals surface area contributed by atoms with E-state index in [1.54, 1.807) is 25.3 Å². The molecule has 6 heteroatoms. The molecule has 1 unspecified atom stereocenters. The van der Waals surface area contributed by atoms with E-state index in [1.807, 2.05) is 0 Å². The van der Waals surface area contributed by atoms with Crippen LogP contribution in [0.2, 0.25) is 0 Å². The number of amides is 1. The summed E-state index contributed by atoms with van der Waals surface area (Å²) in [6.07, 6.45) is 1.54. The van der Waals surface area contributed by atoms with Crippen molar-refractivity contribution in [2.45, 2.75) is 19.5 Å². The summed E-state index contributed by atoms with van der Waals surface area (Å²) in [5.41, 5.74) is 0. The lowest BCUT2D eigenvalue weighted by Gasteiger charge is -2.12. The highest BCUT2D eigenvalue weighted by Gasteiger charge is 2.13. The van der Waals surface area contributed by atoms with Gasteiger partial charge in [0.2, 0.25) is 5.91 Å². The molecule has 1 atom stereocenters. The molecule has 2 N–H and O–H groups in total. The zero-order valence-corrected chi connectivity index (χ0v) is 9.86. The van der Waals surface area contributed by atoms with Gasteiger partial charge in [-0.05, 0) is 19.1 Å². The minimum atomic E-state index is -0.468. The maximum absolute atomic E-state index is 11.6. The molecule has 0 saturated heterocycles. The molecule has 0 aliphatic carbocycles. The quantitative estimate of drug-likeness (QED) is 0.686. The molecular weight excluding hydrogens is 224 g/mol. The van der Waals surface area contributed by atoms with Gasteiger partial charge < -0.3 is 14.5 Å². The Morgan fingerprint density at radius 3 is 2.88 bits per heavy atom. The van der Waals surface area contributed by atoms with Crippen LogP contribution in [0.1, 0.15) is 12.7 Å². The van der Waals surface area contributed by atoms with Crippen LogP contribution in [-0.2, 0) is 20.9 Å². The van der Waals surface area contributed by atoms with Crippen molar-refractivity contribution in [2.24, 2.45) is 0 Å². The molecule has 0 aliphatic heterocycles. The Bertz CT molecular complexity index is 362. The maximum Gasteiger partial charge on any atom is 0.319 e. The summed E-state index contributed by atoms with van der Waals surface area (Å²) in [5.74, 6) is 0.0690. The number of hydrogen-bond acceptors (Lipinski definition) is 5. The van der Waals surface area contributed by atoms with Crippen LogP contribution < -0.4 is 10.6 Å². The summed E-state index contributed by atoms with van der Waals surface area (Å²) in [4.78, 5) is 22.4. The van der Waals surface area contributed by atoms with Crippen molar-refractivity contribution < 1.29 is 18.7 Å². The first-order valence-electron chi connectivity index (χ1n) is 5.23. The van der Waals surface area contributed by atoms with Gasteiger partial charge in [0.15, 0.2) is 0 Å². The average Bonchev–Trinajstić information content (AvgIpc) is 2.85. The fraction of sp³-hybridized carbons (Fsp3) is 0.455. The number of furan rings is 1. The Balaban J connectivity index is 2.24. The van der Waals surface area contributed by atoms with Gasteiger partial charge in [-0.15, -0.1) is 0 Å². The normalized spacial score (nSPS) is 11.9. The van der Waals surface area contributed by atoms with E-state index < -0.39 is 12.0 Å². The smallest absolute Gasteiger partial charge is 0.319 e. The molecule has 0 aliphatic rings. The van der Waals surface area contributed by atoms with Gasteiger partial charge in [0.1, 0.15) is 5.76 Å². The van der Waals surface area contributed by atoms with Gasteiger partial charge in [0.05, 0.1) is 32.5 Å². The molecule has 0 saturated carbocycles. The number of hydrogen-bond donors (Lipinski definition) is 2. The largest absolute Gasteiger partial charge is 0.468 e. The van der Waals surface area contributed by atoms with Gasteiger partial charge in [-0.1, -0.05) is 0 Å². The molecule has 6 nitrogen and oxygen atoms in total.